The van der Waals surface area contributed by atoms with Gasteiger partial charge in [0, 0.05) is 18.5 Å². The molecule has 0 aliphatic heterocycles. The van der Waals surface area contributed by atoms with E-state index in [2.05, 4.69) is 45.1 Å². The van der Waals surface area contributed by atoms with Gasteiger partial charge in [0.25, 0.3) is 5.13 Å². The first-order chi connectivity index (χ1) is 11.6. The van der Waals surface area contributed by atoms with Crippen LogP contribution in [0.2, 0.25) is 0 Å². The molecule has 0 aliphatic rings. The topological polar surface area (TPSA) is 71.6 Å². The lowest BCUT2D eigenvalue weighted by Gasteiger charge is -2.09. The van der Waals surface area contributed by atoms with Gasteiger partial charge >= 0.3 is 0 Å². The summed E-state index contributed by atoms with van der Waals surface area (Å²) in [5, 5.41) is 22.4. The molecular formula is C15H17N7S2. The normalized spacial score (nSPS) is 11.3. The van der Waals surface area contributed by atoms with Gasteiger partial charge in [-0.2, -0.15) is 5.10 Å². The summed E-state index contributed by atoms with van der Waals surface area (Å²) in [6, 6.07) is 7.76. The molecule has 9 heteroatoms. The fourth-order valence-electron chi connectivity index (χ4n) is 1.95. The standard InChI is InChI=1S/C15H17N7S2/c1-4-21(3)15-19-18-14(24-15)17-16-13-9-22(20-10(13)2)11-6-5-7-12(23)8-11/h5-9,23H,4H2,1-3H3. The van der Waals surface area contributed by atoms with Crippen molar-refractivity contribution in [3.8, 4) is 5.69 Å². The number of rotatable bonds is 5. The zero-order valence-electron chi connectivity index (χ0n) is 13.6. The van der Waals surface area contributed by atoms with Crippen LogP contribution < -0.4 is 4.90 Å². The lowest BCUT2D eigenvalue weighted by atomic mass is 10.3. The second-order valence-corrected chi connectivity index (χ2v) is 6.60. The van der Waals surface area contributed by atoms with Crippen LogP contribution in [-0.4, -0.2) is 33.6 Å². The number of thiol groups is 1. The predicted octanol–water partition coefficient (Wildman–Crippen LogP) is 4.19. The Bertz CT molecular complexity index is 868. The van der Waals surface area contributed by atoms with E-state index >= 15 is 0 Å². The molecule has 2 heterocycles. The first-order valence-electron chi connectivity index (χ1n) is 7.39. The summed E-state index contributed by atoms with van der Waals surface area (Å²) in [5.41, 5.74) is 2.41. The van der Waals surface area contributed by atoms with E-state index in [4.69, 9.17) is 0 Å². The molecule has 124 valence electrons. The Kier molecular flexibility index (Phi) is 4.91. The maximum absolute atomic E-state index is 4.47. The molecule has 3 rings (SSSR count). The third kappa shape index (κ3) is 3.62. The van der Waals surface area contributed by atoms with Crippen molar-refractivity contribution in [2.45, 2.75) is 18.7 Å². The van der Waals surface area contributed by atoms with Crippen LogP contribution in [0.4, 0.5) is 16.0 Å². The van der Waals surface area contributed by atoms with Crippen LogP contribution in [-0.2, 0) is 0 Å². The third-order valence-electron chi connectivity index (χ3n) is 3.42. The Hall–Kier alpha value is -2.26. The fourth-order valence-corrected chi connectivity index (χ4v) is 2.86. The van der Waals surface area contributed by atoms with E-state index in [0.29, 0.717) is 10.8 Å². The maximum atomic E-state index is 4.47. The molecular weight excluding hydrogens is 342 g/mol. The van der Waals surface area contributed by atoms with Crippen molar-refractivity contribution < 1.29 is 0 Å². The first kappa shape index (κ1) is 16.6. The molecule has 0 radical (unpaired) electrons. The number of anilines is 1. The highest BCUT2D eigenvalue weighted by Crippen LogP contribution is 2.28. The van der Waals surface area contributed by atoms with E-state index < -0.39 is 0 Å². The maximum Gasteiger partial charge on any atom is 0.253 e. The van der Waals surface area contributed by atoms with Crippen molar-refractivity contribution >= 4 is 39.9 Å². The molecule has 0 saturated carbocycles. The van der Waals surface area contributed by atoms with E-state index in [1.807, 2.05) is 49.3 Å². The highest BCUT2D eigenvalue weighted by molar-refractivity contribution is 7.80. The molecule has 0 bridgehead atoms. The molecule has 0 aliphatic carbocycles. The predicted molar refractivity (Wildman–Crippen MR) is 98.6 cm³/mol. The molecule has 3 aromatic rings. The second-order valence-electron chi connectivity index (χ2n) is 5.15. The Morgan fingerprint density at radius 2 is 2.12 bits per heavy atom. The van der Waals surface area contributed by atoms with Gasteiger partial charge in [0.05, 0.1) is 17.6 Å². The minimum Gasteiger partial charge on any atom is -0.350 e. The zero-order chi connectivity index (χ0) is 17.1. The highest BCUT2D eigenvalue weighted by Gasteiger charge is 2.09. The number of benzene rings is 1. The molecule has 2 aromatic heterocycles. The largest absolute Gasteiger partial charge is 0.350 e. The monoisotopic (exact) mass is 359 g/mol. The highest BCUT2D eigenvalue weighted by atomic mass is 32.1. The summed E-state index contributed by atoms with van der Waals surface area (Å²) in [6.07, 6.45) is 1.83. The van der Waals surface area contributed by atoms with Crippen molar-refractivity contribution in [3.63, 3.8) is 0 Å². The summed E-state index contributed by atoms with van der Waals surface area (Å²) in [4.78, 5) is 2.88. The van der Waals surface area contributed by atoms with Gasteiger partial charge in [-0.05, 0) is 32.0 Å². The average Bonchev–Trinajstić information content (AvgIpc) is 3.19. The smallest absolute Gasteiger partial charge is 0.253 e. The van der Waals surface area contributed by atoms with Crippen LogP contribution >= 0.6 is 24.0 Å². The van der Waals surface area contributed by atoms with Crippen molar-refractivity contribution in [2.75, 3.05) is 18.5 Å². The molecule has 0 saturated heterocycles. The van der Waals surface area contributed by atoms with E-state index in [0.717, 1.165) is 28.0 Å². The van der Waals surface area contributed by atoms with Crippen LogP contribution in [0.25, 0.3) is 5.69 Å². The summed E-state index contributed by atoms with van der Waals surface area (Å²) in [5.74, 6) is 0. The number of hydrogen-bond donors (Lipinski definition) is 1. The Morgan fingerprint density at radius 1 is 1.29 bits per heavy atom. The van der Waals surface area contributed by atoms with Crippen LogP contribution in [0, 0.1) is 6.92 Å². The van der Waals surface area contributed by atoms with Crippen LogP contribution in [0.15, 0.2) is 45.6 Å². The summed E-state index contributed by atoms with van der Waals surface area (Å²) in [7, 11) is 1.96. The Morgan fingerprint density at radius 3 is 2.88 bits per heavy atom. The van der Waals surface area contributed by atoms with Gasteiger partial charge in [0.2, 0.25) is 5.13 Å². The van der Waals surface area contributed by atoms with E-state index in [1.165, 1.54) is 11.3 Å². The Labute approximate surface area is 149 Å². The van der Waals surface area contributed by atoms with Gasteiger partial charge in [0.1, 0.15) is 5.69 Å². The molecule has 0 unspecified atom stereocenters. The molecule has 0 amide bonds. The molecule has 24 heavy (non-hydrogen) atoms. The van der Waals surface area contributed by atoms with Crippen molar-refractivity contribution in [3.05, 3.63) is 36.2 Å². The summed E-state index contributed by atoms with van der Waals surface area (Å²) >= 11 is 5.75. The van der Waals surface area contributed by atoms with Gasteiger partial charge in [-0.15, -0.1) is 33.1 Å². The van der Waals surface area contributed by atoms with Gasteiger partial charge in [-0.3, -0.25) is 0 Å². The second kappa shape index (κ2) is 7.10. The minimum absolute atomic E-state index is 0.523. The lowest BCUT2D eigenvalue weighted by Crippen LogP contribution is -2.15. The van der Waals surface area contributed by atoms with E-state index in [-0.39, 0.29) is 0 Å². The van der Waals surface area contributed by atoms with Crippen LogP contribution in [0.1, 0.15) is 12.6 Å². The summed E-state index contributed by atoms with van der Waals surface area (Å²) in [6.45, 7) is 4.81. The average molecular weight is 359 g/mol. The molecule has 7 nitrogen and oxygen atoms in total. The number of hydrogen-bond acceptors (Lipinski definition) is 8. The molecule has 0 atom stereocenters. The molecule has 0 N–H and O–H groups in total. The molecule has 1 aromatic carbocycles. The minimum atomic E-state index is 0.523. The third-order valence-corrected chi connectivity index (χ3v) is 4.62. The molecule has 0 spiro atoms. The first-order valence-corrected chi connectivity index (χ1v) is 8.65. The number of azo groups is 1. The Balaban J connectivity index is 1.82. The van der Waals surface area contributed by atoms with Gasteiger partial charge < -0.3 is 4.90 Å². The molecule has 0 fully saturated rings. The van der Waals surface area contributed by atoms with Crippen molar-refractivity contribution in [1.29, 1.82) is 0 Å². The number of aromatic nitrogens is 4. The van der Waals surface area contributed by atoms with Crippen LogP contribution in [0.5, 0.6) is 0 Å². The van der Waals surface area contributed by atoms with Gasteiger partial charge in [-0.25, -0.2) is 4.68 Å². The van der Waals surface area contributed by atoms with Crippen molar-refractivity contribution in [1.82, 2.24) is 20.0 Å². The lowest BCUT2D eigenvalue weighted by molar-refractivity contribution is 0.860. The zero-order valence-corrected chi connectivity index (χ0v) is 15.3. The fraction of sp³-hybridized carbons (Fsp3) is 0.267. The van der Waals surface area contributed by atoms with Gasteiger partial charge in [0.15, 0.2) is 0 Å². The van der Waals surface area contributed by atoms with Crippen molar-refractivity contribution in [2.24, 2.45) is 10.2 Å². The number of aryl methyl sites for hydroxylation is 1. The van der Waals surface area contributed by atoms with Crippen LogP contribution in [0.3, 0.4) is 0 Å². The number of nitrogens with zero attached hydrogens (tertiary/aromatic N) is 7. The van der Waals surface area contributed by atoms with Gasteiger partial charge in [-0.1, -0.05) is 17.4 Å². The van der Waals surface area contributed by atoms with E-state index in [1.54, 1.807) is 4.68 Å². The summed E-state index contributed by atoms with van der Waals surface area (Å²) < 4.78 is 1.76. The quantitative estimate of drug-likeness (QED) is 0.547. The SMILES string of the molecule is CCN(C)c1nnc(N=Nc2cn(-c3cccc(S)c3)nc2C)s1. The van der Waals surface area contributed by atoms with E-state index in [9.17, 15) is 0 Å².